The third-order valence-electron chi connectivity index (χ3n) is 5.39. The molecular formula is C23H23NO3S. The van der Waals surface area contributed by atoms with Crippen LogP contribution in [0.1, 0.15) is 24.5 Å². The van der Waals surface area contributed by atoms with Gasteiger partial charge in [-0.25, -0.2) is 8.42 Å². The van der Waals surface area contributed by atoms with Gasteiger partial charge in [-0.1, -0.05) is 60.7 Å². The molecule has 1 heterocycles. The fourth-order valence-corrected chi connectivity index (χ4v) is 5.38. The third kappa shape index (κ3) is 3.67. The summed E-state index contributed by atoms with van der Waals surface area (Å²) in [6.07, 6.45) is 1.75. The largest absolute Gasteiger partial charge is 0.308 e. The van der Waals surface area contributed by atoms with Crippen LogP contribution in [-0.4, -0.2) is 26.1 Å². The van der Waals surface area contributed by atoms with Gasteiger partial charge in [-0.15, -0.1) is 0 Å². The summed E-state index contributed by atoms with van der Waals surface area (Å²) in [5.41, 5.74) is 2.67. The highest BCUT2D eigenvalue weighted by Crippen LogP contribution is 2.31. The first-order chi connectivity index (χ1) is 13.4. The molecule has 0 aromatic heterocycles. The highest BCUT2D eigenvalue weighted by Gasteiger charge is 2.31. The highest BCUT2D eigenvalue weighted by molar-refractivity contribution is 7.91. The first-order valence-corrected chi connectivity index (χ1v) is 11.3. The molecule has 0 saturated carbocycles. The summed E-state index contributed by atoms with van der Waals surface area (Å²) in [7, 11) is -3.59. The normalized spacial score (nSPS) is 16.8. The molecule has 0 radical (unpaired) electrons. The van der Waals surface area contributed by atoms with Crippen molar-refractivity contribution in [3.8, 4) is 0 Å². The Kier molecular flexibility index (Phi) is 4.94. The van der Waals surface area contributed by atoms with Gasteiger partial charge >= 0.3 is 0 Å². The van der Waals surface area contributed by atoms with E-state index in [1.807, 2.05) is 73.7 Å². The molecule has 1 atom stereocenters. The summed E-state index contributed by atoms with van der Waals surface area (Å²) >= 11 is 0. The lowest BCUT2D eigenvalue weighted by molar-refractivity contribution is -0.116. The Morgan fingerprint density at radius 1 is 1.00 bits per heavy atom. The molecule has 1 amide bonds. The van der Waals surface area contributed by atoms with Crippen LogP contribution in [0.4, 0.5) is 5.69 Å². The zero-order valence-electron chi connectivity index (χ0n) is 15.8. The topological polar surface area (TPSA) is 54.5 Å². The molecule has 0 bridgehead atoms. The summed E-state index contributed by atoms with van der Waals surface area (Å²) in [6, 6.07) is 21.1. The number of amides is 1. The van der Waals surface area contributed by atoms with E-state index in [4.69, 9.17) is 0 Å². The molecule has 1 aliphatic heterocycles. The molecule has 0 N–H and O–H groups in total. The quantitative estimate of drug-likeness (QED) is 0.670. The van der Waals surface area contributed by atoms with Crippen LogP contribution in [0.25, 0.3) is 10.8 Å². The molecule has 1 aliphatic rings. The van der Waals surface area contributed by atoms with Crippen LogP contribution in [-0.2, 0) is 26.8 Å². The van der Waals surface area contributed by atoms with Crippen LogP contribution in [0.15, 0.2) is 66.7 Å². The van der Waals surface area contributed by atoms with E-state index in [-0.39, 0.29) is 17.7 Å². The Balaban J connectivity index is 1.59. The van der Waals surface area contributed by atoms with Crippen molar-refractivity contribution in [2.24, 2.45) is 0 Å². The average molecular weight is 394 g/mol. The predicted octanol–water partition coefficient (Wildman–Crippen LogP) is 4.12. The SMILES string of the molecule is C[C@@H]1CCc2ccccc2N1C(=O)CS(=O)(=O)Cc1cccc2ccccc12. The van der Waals surface area contributed by atoms with Crippen LogP contribution >= 0.6 is 0 Å². The third-order valence-corrected chi connectivity index (χ3v) is 6.83. The second kappa shape index (κ2) is 7.40. The van der Waals surface area contributed by atoms with Gasteiger partial charge in [-0.2, -0.15) is 0 Å². The van der Waals surface area contributed by atoms with Crippen molar-refractivity contribution in [3.63, 3.8) is 0 Å². The predicted molar refractivity (Wildman–Crippen MR) is 113 cm³/mol. The number of benzene rings is 3. The minimum absolute atomic E-state index is 0.00449. The van der Waals surface area contributed by atoms with E-state index in [1.165, 1.54) is 0 Å². The van der Waals surface area contributed by atoms with E-state index in [0.29, 0.717) is 0 Å². The molecule has 144 valence electrons. The zero-order valence-corrected chi connectivity index (χ0v) is 16.7. The standard InChI is InChI=1S/C23H23NO3S/c1-17-13-14-19-8-3-5-12-22(19)24(17)23(25)16-28(26,27)15-20-10-6-9-18-7-2-4-11-21(18)20/h2-12,17H,13-16H2,1H3/t17-/m1/s1. The molecule has 0 fully saturated rings. The summed E-state index contributed by atoms with van der Waals surface area (Å²) in [5, 5.41) is 1.91. The lowest BCUT2D eigenvalue weighted by Crippen LogP contribution is -2.45. The first kappa shape index (κ1) is 18.7. The highest BCUT2D eigenvalue weighted by atomic mass is 32.2. The summed E-state index contributed by atoms with van der Waals surface area (Å²) in [4.78, 5) is 14.7. The Morgan fingerprint density at radius 2 is 1.71 bits per heavy atom. The van der Waals surface area contributed by atoms with Gasteiger partial charge in [0.05, 0.1) is 5.75 Å². The number of anilines is 1. The van der Waals surface area contributed by atoms with Crippen LogP contribution in [0.5, 0.6) is 0 Å². The van der Waals surface area contributed by atoms with Crippen LogP contribution < -0.4 is 4.90 Å². The van der Waals surface area contributed by atoms with Gasteiger partial charge < -0.3 is 4.90 Å². The van der Waals surface area contributed by atoms with Gasteiger partial charge in [0, 0.05) is 11.7 Å². The molecule has 4 nitrogen and oxygen atoms in total. The number of carbonyl (C=O) groups is 1. The van der Waals surface area contributed by atoms with Crippen molar-refractivity contribution in [1.82, 2.24) is 0 Å². The zero-order chi connectivity index (χ0) is 19.7. The molecular weight excluding hydrogens is 370 g/mol. The lowest BCUT2D eigenvalue weighted by atomic mass is 9.97. The molecule has 4 rings (SSSR count). The van der Waals surface area contributed by atoms with E-state index in [9.17, 15) is 13.2 Å². The summed E-state index contributed by atoms with van der Waals surface area (Å²) in [6.45, 7) is 1.98. The smallest absolute Gasteiger partial charge is 0.242 e. The summed E-state index contributed by atoms with van der Waals surface area (Å²) in [5.74, 6) is -0.960. The Hall–Kier alpha value is -2.66. The number of aryl methyl sites for hydroxylation is 1. The number of hydrogen-bond acceptors (Lipinski definition) is 3. The van der Waals surface area contributed by atoms with Crippen molar-refractivity contribution in [1.29, 1.82) is 0 Å². The first-order valence-electron chi connectivity index (χ1n) is 9.52. The summed E-state index contributed by atoms with van der Waals surface area (Å²) < 4.78 is 25.7. The molecule has 0 saturated heterocycles. The van der Waals surface area contributed by atoms with Crippen LogP contribution in [0, 0.1) is 0 Å². The van der Waals surface area contributed by atoms with Crippen molar-refractivity contribution in [2.75, 3.05) is 10.7 Å². The van der Waals surface area contributed by atoms with Gasteiger partial charge in [-0.3, -0.25) is 4.79 Å². The van der Waals surface area contributed by atoms with Gasteiger partial charge in [0.15, 0.2) is 9.84 Å². The maximum atomic E-state index is 13.0. The van der Waals surface area contributed by atoms with Crippen LogP contribution in [0.2, 0.25) is 0 Å². The Labute approximate surface area is 165 Å². The van der Waals surface area contributed by atoms with Crippen molar-refractivity contribution in [3.05, 3.63) is 77.9 Å². The Morgan fingerprint density at radius 3 is 2.57 bits per heavy atom. The molecule has 0 spiro atoms. The van der Waals surface area contributed by atoms with Gasteiger partial charge in [0.2, 0.25) is 5.91 Å². The number of sulfone groups is 1. The molecule has 5 heteroatoms. The fraction of sp³-hybridized carbons (Fsp3) is 0.261. The minimum atomic E-state index is -3.59. The fourth-order valence-electron chi connectivity index (χ4n) is 4.03. The van der Waals surface area contributed by atoms with Crippen molar-refractivity contribution < 1.29 is 13.2 Å². The lowest BCUT2D eigenvalue weighted by Gasteiger charge is -2.35. The van der Waals surface area contributed by atoms with Gasteiger partial charge in [0.25, 0.3) is 0 Å². The minimum Gasteiger partial charge on any atom is -0.308 e. The van der Waals surface area contributed by atoms with Gasteiger partial charge in [-0.05, 0) is 47.7 Å². The monoisotopic (exact) mass is 393 g/mol. The van der Waals surface area contributed by atoms with Crippen molar-refractivity contribution in [2.45, 2.75) is 31.6 Å². The van der Waals surface area contributed by atoms with E-state index >= 15 is 0 Å². The number of nitrogens with zero attached hydrogens (tertiary/aromatic N) is 1. The number of para-hydroxylation sites is 1. The Bertz CT molecular complexity index is 1130. The molecule has 0 unspecified atom stereocenters. The molecule has 0 aliphatic carbocycles. The van der Waals surface area contributed by atoms with Crippen molar-refractivity contribution >= 4 is 32.2 Å². The van der Waals surface area contributed by atoms with E-state index in [1.54, 1.807) is 4.90 Å². The average Bonchev–Trinajstić information content (AvgIpc) is 2.67. The number of fused-ring (bicyclic) bond motifs is 2. The van der Waals surface area contributed by atoms with E-state index < -0.39 is 15.6 Å². The molecule has 28 heavy (non-hydrogen) atoms. The molecule has 3 aromatic carbocycles. The maximum Gasteiger partial charge on any atom is 0.242 e. The van der Waals surface area contributed by atoms with Gasteiger partial charge in [0.1, 0.15) is 5.75 Å². The maximum absolute atomic E-state index is 13.0. The molecule has 3 aromatic rings. The second-order valence-electron chi connectivity index (χ2n) is 7.45. The second-order valence-corrected chi connectivity index (χ2v) is 9.52. The number of carbonyl (C=O) groups excluding carboxylic acids is 1. The number of hydrogen-bond donors (Lipinski definition) is 0. The van der Waals surface area contributed by atoms with E-state index in [0.717, 1.165) is 40.4 Å². The number of rotatable bonds is 4. The van der Waals surface area contributed by atoms with Crippen LogP contribution in [0.3, 0.4) is 0 Å². The van der Waals surface area contributed by atoms with E-state index in [2.05, 4.69) is 0 Å².